The maximum absolute atomic E-state index is 11.8. The van der Waals surface area contributed by atoms with E-state index in [-0.39, 0.29) is 11.9 Å². The van der Waals surface area contributed by atoms with E-state index in [1.165, 1.54) is 12.6 Å². The van der Waals surface area contributed by atoms with Crippen LogP contribution in [0.4, 0.5) is 4.79 Å². The number of carbonyl (C=O) groups excluding carboxylic acids is 2. The normalized spacial score (nSPS) is 12.1. The lowest BCUT2D eigenvalue weighted by Gasteiger charge is -2.23. The van der Waals surface area contributed by atoms with Gasteiger partial charge in [-0.2, -0.15) is 0 Å². The van der Waals surface area contributed by atoms with E-state index in [9.17, 15) is 9.59 Å². The molecular formula is C14H21N3O2. The summed E-state index contributed by atoms with van der Waals surface area (Å²) in [7, 11) is 3.33. The summed E-state index contributed by atoms with van der Waals surface area (Å²) in [5.41, 5.74) is 2.34. The maximum Gasteiger partial charge on any atom is 0.321 e. The first-order valence-corrected chi connectivity index (χ1v) is 6.22. The van der Waals surface area contributed by atoms with Gasteiger partial charge in [0.05, 0.1) is 6.04 Å². The van der Waals surface area contributed by atoms with Gasteiger partial charge in [-0.3, -0.25) is 15.0 Å². The van der Waals surface area contributed by atoms with Crippen molar-refractivity contribution in [2.24, 2.45) is 0 Å². The molecule has 0 fully saturated rings. The molecule has 5 nitrogen and oxygen atoms in total. The monoisotopic (exact) mass is 263 g/mol. The van der Waals surface area contributed by atoms with Crippen LogP contribution in [0, 0.1) is 6.92 Å². The van der Waals surface area contributed by atoms with E-state index in [1.807, 2.05) is 43.1 Å². The third-order valence-corrected chi connectivity index (χ3v) is 3.06. The number of likely N-dealkylation sites (N-methyl/N-ethyl adjacent to an activating group) is 1. The Morgan fingerprint density at radius 3 is 2.37 bits per heavy atom. The largest absolute Gasteiger partial charge is 0.341 e. The molecule has 0 aliphatic rings. The molecule has 0 unspecified atom stereocenters. The Bertz CT molecular complexity index is 443. The molecule has 0 aliphatic heterocycles. The van der Waals surface area contributed by atoms with Gasteiger partial charge in [0, 0.05) is 13.6 Å². The predicted molar refractivity (Wildman–Crippen MR) is 74.7 cm³/mol. The molecule has 0 radical (unpaired) electrons. The Morgan fingerprint density at radius 2 is 1.84 bits per heavy atom. The Hall–Kier alpha value is -1.88. The standard InChI is InChI=1S/C14H21N3O2/c1-10-5-7-12(8-6-10)9-17(4)11(2)13(18)16-14(19)15-3/h5-8,11H,9H2,1-4H3,(H2,15,16,18,19)/t11-/m1/s1. The molecule has 2 N–H and O–H groups in total. The second-order valence-corrected chi connectivity index (χ2v) is 4.65. The van der Waals surface area contributed by atoms with Crippen molar-refractivity contribution in [2.75, 3.05) is 14.1 Å². The van der Waals surface area contributed by atoms with Gasteiger partial charge in [0.15, 0.2) is 0 Å². The summed E-state index contributed by atoms with van der Waals surface area (Å²) in [6.07, 6.45) is 0. The summed E-state index contributed by atoms with van der Waals surface area (Å²) < 4.78 is 0. The van der Waals surface area contributed by atoms with Gasteiger partial charge in [0.25, 0.3) is 0 Å². The fourth-order valence-electron chi connectivity index (χ4n) is 1.60. The highest BCUT2D eigenvalue weighted by molar-refractivity contribution is 5.96. The number of imide groups is 1. The van der Waals surface area contributed by atoms with Crippen LogP contribution < -0.4 is 10.6 Å². The molecule has 1 aromatic rings. The molecule has 0 saturated heterocycles. The number of carbonyl (C=O) groups is 2. The van der Waals surface area contributed by atoms with Crippen LogP contribution in [0.3, 0.4) is 0 Å². The Labute approximate surface area is 114 Å². The fraction of sp³-hybridized carbons (Fsp3) is 0.429. The Kier molecular flexibility index (Phi) is 5.51. The van der Waals surface area contributed by atoms with Crippen LogP contribution in [0.5, 0.6) is 0 Å². The molecule has 1 aromatic carbocycles. The third kappa shape index (κ3) is 4.71. The molecule has 1 rings (SSSR count). The second kappa shape index (κ2) is 6.89. The number of hydrogen-bond acceptors (Lipinski definition) is 3. The van der Waals surface area contributed by atoms with Gasteiger partial charge in [-0.05, 0) is 26.5 Å². The maximum atomic E-state index is 11.8. The van der Waals surface area contributed by atoms with Crippen molar-refractivity contribution in [1.82, 2.24) is 15.5 Å². The number of aryl methyl sites for hydroxylation is 1. The molecule has 5 heteroatoms. The molecular weight excluding hydrogens is 242 g/mol. The summed E-state index contributed by atoms with van der Waals surface area (Å²) in [5.74, 6) is -0.311. The van der Waals surface area contributed by atoms with Crippen molar-refractivity contribution >= 4 is 11.9 Å². The zero-order valence-electron chi connectivity index (χ0n) is 11.9. The van der Waals surface area contributed by atoms with Crippen LogP contribution in [0.2, 0.25) is 0 Å². The summed E-state index contributed by atoms with van der Waals surface area (Å²) >= 11 is 0. The number of nitrogens with zero attached hydrogens (tertiary/aromatic N) is 1. The highest BCUT2D eigenvalue weighted by Crippen LogP contribution is 2.08. The van der Waals surface area contributed by atoms with Gasteiger partial charge in [-0.15, -0.1) is 0 Å². The lowest BCUT2D eigenvalue weighted by molar-refractivity contribution is -0.124. The van der Waals surface area contributed by atoms with Crippen LogP contribution in [0.1, 0.15) is 18.1 Å². The van der Waals surface area contributed by atoms with E-state index in [1.54, 1.807) is 6.92 Å². The van der Waals surface area contributed by atoms with Gasteiger partial charge < -0.3 is 5.32 Å². The van der Waals surface area contributed by atoms with Crippen LogP contribution >= 0.6 is 0 Å². The lowest BCUT2D eigenvalue weighted by atomic mass is 10.1. The number of nitrogens with one attached hydrogen (secondary N) is 2. The molecule has 0 bridgehead atoms. The van der Waals surface area contributed by atoms with E-state index in [0.717, 1.165) is 5.56 Å². The lowest BCUT2D eigenvalue weighted by Crippen LogP contribution is -2.47. The predicted octanol–water partition coefficient (Wildman–Crippen LogP) is 1.27. The third-order valence-electron chi connectivity index (χ3n) is 3.06. The Balaban J connectivity index is 2.56. The van der Waals surface area contributed by atoms with Gasteiger partial charge in [0.1, 0.15) is 0 Å². The van der Waals surface area contributed by atoms with Crippen LogP contribution in [0.25, 0.3) is 0 Å². The first kappa shape index (κ1) is 15.2. The molecule has 3 amide bonds. The molecule has 0 saturated carbocycles. The van der Waals surface area contributed by atoms with Gasteiger partial charge >= 0.3 is 6.03 Å². The highest BCUT2D eigenvalue weighted by atomic mass is 16.2. The number of benzene rings is 1. The molecule has 0 aliphatic carbocycles. The van der Waals surface area contributed by atoms with Crippen molar-refractivity contribution in [3.05, 3.63) is 35.4 Å². The number of hydrogen-bond donors (Lipinski definition) is 2. The zero-order chi connectivity index (χ0) is 14.4. The van der Waals surface area contributed by atoms with Crippen LogP contribution in [0.15, 0.2) is 24.3 Å². The van der Waals surface area contributed by atoms with Crippen molar-refractivity contribution in [3.8, 4) is 0 Å². The average Bonchev–Trinajstić information content (AvgIpc) is 2.40. The van der Waals surface area contributed by atoms with E-state index < -0.39 is 6.03 Å². The second-order valence-electron chi connectivity index (χ2n) is 4.65. The summed E-state index contributed by atoms with van der Waals surface area (Å²) in [6, 6.07) is 7.29. The minimum Gasteiger partial charge on any atom is -0.341 e. The average molecular weight is 263 g/mol. The quantitative estimate of drug-likeness (QED) is 0.860. The van der Waals surface area contributed by atoms with Crippen LogP contribution in [-0.2, 0) is 11.3 Å². The van der Waals surface area contributed by atoms with Crippen molar-refractivity contribution < 1.29 is 9.59 Å². The van der Waals surface area contributed by atoms with E-state index in [0.29, 0.717) is 6.54 Å². The van der Waals surface area contributed by atoms with Gasteiger partial charge in [-0.25, -0.2) is 4.79 Å². The van der Waals surface area contributed by atoms with Crippen molar-refractivity contribution in [1.29, 1.82) is 0 Å². The minimum atomic E-state index is -0.486. The highest BCUT2D eigenvalue weighted by Gasteiger charge is 2.19. The first-order chi connectivity index (χ1) is 8.93. The van der Waals surface area contributed by atoms with Crippen LogP contribution in [-0.4, -0.2) is 37.0 Å². The van der Waals surface area contributed by atoms with Gasteiger partial charge in [0.2, 0.25) is 5.91 Å². The van der Waals surface area contributed by atoms with Crippen molar-refractivity contribution in [3.63, 3.8) is 0 Å². The van der Waals surface area contributed by atoms with E-state index >= 15 is 0 Å². The van der Waals surface area contributed by atoms with Crippen molar-refractivity contribution in [2.45, 2.75) is 26.4 Å². The SMILES string of the molecule is CNC(=O)NC(=O)[C@@H](C)N(C)Cc1ccc(C)cc1. The molecule has 0 aromatic heterocycles. The fourth-order valence-corrected chi connectivity index (χ4v) is 1.60. The molecule has 104 valence electrons. The first-order valence-electron chi connectivity index (χ1n) is 6.22. The topological polar surface area (TPSA) is 61.4 Å². The summed E-state index contributed by atoms with van der Waals surface area (Å²) in [4.78, 5) is 24.8. The molecule has 19 heavy (non-hydrogen) atoms. The Morgan fingerprint density at radius 1 is 1.26 bits per heavy atom. The van der Waals surface area contributed by atoms with Gasteiger partial charge in [-0.1, -0.05) is 29.8 Å². The smallest absolute Gasteiger partial charge is 0.321 e. The molecule has 0 spiro atoms. The number of amides is 3. The number of urea groups is 1. The molecule has 1 atom stereocenters. The van der Waals surface area contributed by atoms with E-state index in [4.69, 9.17) is 0 Å². The minimum absolute atomic E-state index is 0.311. The van der Waals surface area contributed by atoms with E-state index in [2.05, 4.69) is 10.6 Å². The summed E-state index contributed by atoms with van der Waals surface area (Å²) in [6.45, 7) is 4.46. The molecule has 0 heterocycles. The summed E-state index contributed by atoms with van der Waals surface area (Å²) in [5, 5.41) is 4.63. The zero-order valence-corrected chi connectivity index (χ0v) is 11.9. The number of rotatable bonds is 4.